The fourth-order valence-electron chi connectivity index (χ4n) is 3.95. The fraction of sp³-hybridized carbons (Fsp3) is 0.632. The highest BCUT2D eigenvalue weighted by Gasteiger charge is 2.34. The Morgan fingerprint density at radius 2 is 1.92 bits per heavy atom. The molecule has 1 N–H and O–H groups in total. The summed E-state index contributed by atoms with van der Waals surface area (Å²) < 4.78 is 11.2. The van der Waals surface area contributed by atoms with Crippen molar-refractivity contribution in [3.8, 4) is 5.75 Å². The molecule has 0 unspecified atom stereocenters. The van der Waals surface area contributed by atoms with Gasteiger partial charge in [-0.25, -0.2) is 0 Å². The Hall–Kier alpha value is -1.59. The number of carbonyl (C=O) groups excluding carboxylic acids is 1. The molecule has 1 aromatic rings. The highest BCUT2D eigenvalue weighted by Crippen LogP contribution is 2.31. The minimum absolute atomic E-state index is 0.119. The largest absolute Gasteiger partial charge is 0.495 e. The average Bonchev–Trinajstić information content (AvgIpc) is 2.56. The summed E-state index contributed by atoms with van der Waals surface area (Å²) in [5.74, 6) is 0.900. The highest BCUT2D eigenvalue weighted by atomic mass is 16.5. The predicted octanol–water partition coefficient (Wildman–Crippen LogP) is 2.74. The topological polar surface area (TPSA) is 50.8 Å². The molecular formula is C19H28N2O3. The van der Waals surface area contributed by atoms with E-state index in [4.69, 9.17) is 9.47 Å². The molecule has 0 aromatic heterocycles. The van der Waals surface area contributed by atoms with Crippen LogP contribution in [0.2, 0.25) is 0 Å². The third-order valence-electron chi connectivity index (χ3n) is 4.95. The van der Waals surface area contributed by atoms with Gasteiger partial charge in [-0.2, -0.15) is 0 Å². The number of ether oxygens (including phenoxy) is 2. The van der Waals surface area contributed by atoms with Crippen molar-refractivity contribution in [1.82, 2.24) is 5.32 Å². The lowest BCUT2D eigenvalue weighted by Crippen LogP contribution is -2.55. The number of amides is 1. The summed E-state index contributed by atoms with van der Waals surface area (Å²) in [6.45, 7) is 4.96. The van der Waals surface area contributed by atoms with Crippen LogP contribution in [0.3, 0.4) is 0 Å². The van der Waals surface area contributed by atoms with Crippen molar-refractivity contribution in [2.45, 2.75) is 63.8 Å². The van der Waals surface area contributed by atoms with E-state index < -0.39 is 0 Å². The van der Waals surface area contributed by atoms with Crippen LogP contribution in [0.1, 0.15) is 39.5 Å². The first-order valence-corrected chi connectivity index (χ1v) is 8.94. The maximum absolute atomic E-state index is 13.0. The number of anilines is 1. The van der Waals surface area contributed by atoms with Gasteiger partial charge in [-0.15, -0.1) is 0 Å². The fourth-order valence-corrected chi connectivity index (χ4v) is 3.95. The van der Waals surface area contributed by atoms with Gasteiger partial charge < -0.3 is 19.7 Å². The number of para-hydroxylation sites is 2. The van der Waals surface area contributed by atoms with E-state index in [1.807, 2.05) is 29.2 Å². The van der Waals surface area contributed by atoms with Gasteiger partial charge in [0.2, 0.25) is 5.91 Å². The molecule has 132 valence electrons. The number of benzene rings is 1. The Morgan fingerprint density at radius 3 is 2.62 bits per heavy atom. The molecule has 2 heterocycles. The lowest BCUT2D eigenvalue weighted by Gasteiger charge is -2.38. The molecule has 0 aliphatic carbocycles. The summed E-state index contributed by atoms with van der Waals surface area (Å²) in [5, 5.41) is 3.59. The van der Waals surface area contributed by atoms with Crippen molar-refractivity contribution in [1.29, 1.82) is 0 Å². The molecular weight excluding hydrogens is 304 g/mol. The van der Waals surface area contributed by atoms with Crippen molar-refractivity contribution in [2.75, 3.05) is 18.6 Å². The number of hydrogen-bond acceptors (Lipinski definition) is 4. The lowest BCUT2D eigenvalue weighted by molar-refractivity contribution is -0.122. The molecule has 5 heteroatoms. The van der Waals surface area contributed by atoms with E-state index >= 15 is 0 Å². The van der Waals surface area contributed by atoms with E-state index in [1.54, 1.807) is 7.11 Å². The highest BCUT2D eigenvalue weighted by molar-refractivity contribution is 5.99. The van der Waals surface area contributed by atoms with Crippen molar-refractivity contribution in [3.05, 3.63) is 24.3 Å². The second-order valence-electron chi connectivity index (χ2n) is 6.95. The molecule has 0 radical (unpaired) electrons. The minimum Gasteiger partial charge on any atom is -0.495 e. The zero-order chi connectivity index (χ0) is 17.1. The first kappa shape index (κ1) is 17.2. The summed E-state index contributed by atoms with van der Waals surface area (Å²) in [6, 6.07) is 7.96. The summed E-state index contributed by atoms with van der Waals surface area (Å²) in [4.78, 5) is 14.9. The number of piperidine rings is 1. The van der Waals surface area contributed by atoms with E-state index in [9.17, 15) is 4.79 Å². The van der Waals surface area contributed by atoms with Gasteiger partial charge in [-0.1, -0.05) is 12.1 Å². The standard InChI is InChI=1S/C19H28N2O3/c1-13-11-15(12-14(2)24-13)20-16-7-6-10-21(19(16)22)17-8-4-5-9-18(17)23-3/h4-5,8-9,13-16,20H,6-7,10-12H2,1-3H3/t13-,14-,16-/m0/s1. The molecule has 24 heavy (non-hydrogen) atoms. The molecule has 0 bridgehead atoms. The first-order chi connectivity index (χ1) is 11.6. The Kier molecular flexibility index (Phi) is 5.41. The van der Waals surface area contributed by atoms with E-state index in [0.717, 1.165) is 43.7 Å². The molecule has 2 aliphatic heterocycles. The quantitative estimate of drug-likeness (QED) is 0.921. The maximum Gasteiger partial charge on any atom is 0.244 e. The number of rotatable bonds is 4. The average molecular weight is 332 g/mol. The molecule has 2 fully saturated rings. The van der Waals surface area contributed by atoms with E-state index in [2.05, 4.69) is 19.2 Å². The molecule has 2 saturated heterocycles. The molecule has 0 spiro atoms. The summed E-state index contributed by atoms with van der Waals surface area (Å²) in [6.07, 6.45) is 4.30. The van der Waals surface area contributed by atoms with Gasteiger partial charge in [-0.05, 0) is 51.7 Å². The van der Waals surface area contributed by atoms with Gasteiger partial charge in [-0.3, -0.25) is 4.79 Å². The van der Waals surface area contributed by atoms with Crippen LogP contribution in [-0.2, 0) is 9.53 Å². The Bertz CT molecular complexity index is 567. The van der Waals surface area contributed by atoms with Gasteiger partial charge in [0.25, 0.3) is 0 Å². The van der Waals surface area contributed by atoms with Crippen LogP contribution < -0.4 is 15.0 Å². The third kappa shape index (κ3) is 3.73. The summed E-state index contributed by atoms with van der Waals surface area (Å²) in [7, 11) is 1.65. The molecule has 1 aromatic carbocycles. The zero-order valence-electron chi connectivity index (χ0n) is 14.8. The van der Waals surface area contributed by atoms with Crippen molar-refractivity contribution in [2.24, 2.45) is 0 Å². The first-order valence-electron chi connectivity index (χ1n) is 8.94. The monoisotopic (exact) mass is 332 g/mol. The van der Waals surface area contributed by atoms with Gasteiger partial charge >= 0.3 is 0 Å². The second kappa shape index (κ2) is 7.53. The van der Waals surface area contributed by atoms with Crippen LogP contribution in [0.4, 0.5) is 5.69 Å². The molecule has 5 nitrogen and oxygen atoms in total. The predicted molar refractivity (Wildman–Crippen MR) is 94.5 cm³/mol. The van der Waals surface area contributed by atoms with E-state index in [-0.39, 0.29) is 24.2 Å². The van der Waals surface area contributed by atoms with Gasteiger partial charge in [0.1, 0.15) is 5.75 Å². The molecule has 3 rings (SSSR count). The maximum atomic E-state index is 13.0. The normalized spacial score (nSPS) is 31.1. The Morgan fingerprint density at radius 1 is 1.21 bits per heavy atom. The van der Waals surface area contributed by atoms with Gasteiger partial charge in [0.15, 0.2) is 0 Å². The number of carbonyl (C=O) groups is 1. The summed E-state index contributed by atoms with van der Waals surface area (Å²) >= 11 is 0. The Labute approximate surface area is 144 Å². The van der Waals surface area contributed by atoms with Crippen molar-refractivity contribution < 1.29 is 14.3 Å². The molecule has 1 amide bonds. The van der Waals surface area contributed by atoms with Crippen LogP contribution in [0.15, 0.2) is 24.3 Å². The molecule has 3 atom stereocenters. The lowest BCUT2D eigenvalue weighted by atomic mass is 9.96. The van der Waals surface area contributed by atoms with Crippen molar-refractivity contribution >= 4 is 11.6 Å². The SMILES string of the molecule is COc1ccccc1N1CCC[C@H](NC2C[C@H](C)O[C@@H](C)C2)C1=O. The Balaban J connectivity index is 1.71. The molecule has 2 aliphatic rings. The van der Waals surface area contributed by atoms with Gasteiger partial charge in [0.05, 0.1) is 31.0 Å². The summed E-state index contributed by atoms with van der Waals surface area (Å²) in [5.41, 5.74) is 0.866. The minimum atomic E-state index is -0.119. The second-order valence-corrected chi connectivity index (χ2v) is 6.95. The van der Waals surface area contributed by atoms with Crippen LogP contribution in [0.5, 0.6) is 5.75 Å². The van der Waals surface area contributed by atoms with Crippen LogP contribution in [0, 0.1) is 0 Å². The molecule has 0 saturated carbocycles. The number of nitrogens with zero attached hydrogens (tertiary/aromatic N) is 1. The number of hydrogen-bond donors (Lipinski definition) is 1. The van der Waals surface area contributed by atoms with Crippen LogP contribution in [0.25, 0.3) is 0 Å². The number of nitrogens with one attached hydrogen (secondary N) is 1. The van der Waals surface area contributed by atoms with Crippen LogP contribution in [-0.4, -0.2) is 43.9 Å². The zero-order valence-corrected chi connectivity index (χ0v) is 14.8. The van der Waals surface area contributed by atoms with Gasteiger partial charge in [0, 0.05) is 12.6 Å². The van der Waals surface area contributed by atoms with E-state index in [1.165, 1.54) is 0 Å². The number of methoxy groups -OCH3 is 1. The smallest absolute Gasteiger partial charge is 0.244 e. The van der Waals surface area contributed by atoms with E-state index in [0.29, 0.717) is 6.04 Å². The van der Waals surface area contributed by atoms with Crippen molar-refractivity contribution in [3.63, 3.8) is 0 Å². The third-order valence-corrected chi connectivity index (χ3v) is 4.95. The van der Waals surface area contributed by atoms with Crippen LogP contribution >= 0.6 is 0 Å².